The van der Waals surface area contributed by atoms with Crippen LogP contribution in [0, 0.1) is 13.8 Å². The molecule has 0 aromatic heterocycles. The normalized spacial score (nSPS) is 14.3. The number of carbonyl (C=O) groups is 2. The summed E-state index contributed by atoms with van der Waals surface area (Å²) in [7, 11) is -2.73. The number of benzene rings is 3. The molecule has 1 atom stereocenters. The maximum Gasteiger partial charge on any atom is 0.264 e. The first-order valence-corrected chi connectivity index (χ1v) is 16.4. The highest BCUT2D eigenvalue weighted by molar-refractivity contribution is 7.92. The molecule has 43 heavy (non-hydrogen) atoms. The van der Waals surface area contributed by atoms with Gasteiger partial charge in [0.2, 0.25) is 11.8 Å². The summed E-state index contributed by atoms with van der Waals surface area (Å²) < 4.78 is 34.5. The third kappa shape index (κ3) is 7.89. The average molecular weight is 626 g/mol. The van der Waals surface area contributed by atoms with E-state index >= 15 is 0 Å². The second-order valence-electron chi connectivity index (χ2n) is 11.1. The molecule has 8 nitrogen and oxygen atoms in total. The minimum atomic E-state index is -4.20. The zero-order valence-electron chi connectivity index (χ0n) is 25.2. The van der Waals surface area contributed by atoms with Crippen LogP contribution in [0.5, 0.6) is 5.75 Å². The number of anilines is 1. The summed E-state index contributed by atoms with van der Waals surface area (Å²) in [4.78, 5) is 29.4. The van der Waals surface area contributed by atoms with E-state index in [4.69, 9.17) is 16.3 Å². The third-order valence-corrected chi connectivity index (χ3v) is 9.96. The van der Waals surface area contributed by atoms with Gasteiger partial charge in [-0.3, -0.25) is 13.9 Å². The number of halogens is 1. The number of sulfonamides is 1. The summed E-state index contributed by atoms with van der Waals surface area (Å²) >= 11 is 6.41. The van der Waals surface area contributed by atoms with Gasteiger partial charge in [0, 0.05) is 12.6 Å². The van der Waals surface area contributed by atoms with Crippen LogP contribution in [0.3, 0.4) is 0 Å². The van der Waals surface area contributed by atoms with Crippen LogP contribution in [0.1, 0.15) is 55.7 Å². The van der Waals surface area contributed by atoms with E-state index in [1.54, 1.807) is 24.3 Å². The average Bonchev–Trinajstić information content (AvgIpc) is 3.50. The molecule has 0 spiro atoms. The van der Waals surface area contributed by atoms with E-state index in [1.807, 2.05) is 45.0 Å². The second kappa shape index (κ2) is 14.3. The van der Waals surface area contributed by atoms with E-state index in [0.29, 0.717) is 12.2 Å². The van der Waals surface area contributed by atoms with Crippen molar-refractivity contribution in [1.29, 1.82) is 0 Å². The Morgan fingerprint density at radius 3 is 2.14 bits per heavy atom. The molecular weight excluding hydrogens is 586 g/mol. The summed E-state index contributed by atoms with van der Waals surface area (Å²) in [6.07, 6.45) is 4.31. The standard InChI is InChI=1S/C33H40ClN3O5S/c1-5-30(33(39)35-26-8-6-7-9-26)36(21-25-14-10-23(2)11-15-25)32(38)22-37(27-16-19-31(42-4)29(34)20-27)43(40,41)28-17-12-24(3)13-18-28/h10-20,26,30H,5-9,21-22H2,1-4H3,(H,35,39). The van der Waals surface area contributed by atoms with Gasteiger partial charge in [-0.15, -0.1) is 0 Å². The zero-order chi connectivity index (χ0) is 31.1. The molecule has 1 saturated carbocycles. The molecule has 1 N–H and O–H groups in total. The number of amides is 2. The maximum absolute atomic E-state index is 14.3. The van der Waals surface area contributed by atoms with Crippen molar-refractivity contribution in [2.75, 3.05) is 18.0 Å². The van der Waals surface area contributed by atoms with Crippen molar-refractivity contribution >= 4 is 39.1 Å². The molecule has 0 bridgehead atoms. The van der Waals surface area contributed by atoms with E-state index in [-0.39, 0.29) is 34.1 Å². The topological polar surface area (TPSA) is 96.0 Å². The van der Waals surface area contributed by atoms with Gasteiger partial charge in [0.15, 0.2) is 0 Å². The Bertz CT molecular complexity index is 1520. The van der Waals surface area contributed by atoms with Crippen molar-refractivity contribution in [2.45, 2.75) is 76.4 Å². The molecule has 0 radical (unpaired) electrons. The van der Waals surface area contributed by atoms with E-state index in [9.17, 15) is 18.0 Å². The summed E-state index contributed by atoms with van der Waals surface area (Å²) in [5.74, 6) is -0.355. The Balaban J connectivity index is 1.73. The first-order valence-electron chi connectivity index (χ1n) is 14.6. The molecule has 0 saturated heterocycles. The van der Waals surface area contributed by atoms with Crippen LogP contribution >= 0.6 is 11.6 Å². The van der Waals surface area contributed by atoms with Gasteiger partial charge in [-0.2, -0.15) is 0 Å². The molecule has 1 aliphatic rings. The smallest absolute Gasteiger partial charge is 0.264 e. The minimum absolute atomic E-state index is 0.0361. The van der Waals surface area contributed by atoms with Crippen molar-refractivity contribution in [3.8, 4) is 5.75 Å². The largest absolute Gasteiger partial charge is 0.495 e. The van der Waals surface area contributed by atoms with Crippen LogP contribution in [0.4, 0.5) is 5.69 Å². The minimum Gasteiger partial charge on any atom is -0.495 e. The van der Waals surface area contributed by atoms with E-state index in [1.165, 1.54) is 30.2 Å². The van der Waals surface area contributed by atoms with Crippen LogP contribution in [0.15, 0.2) is 71.6 Å². The van der Waals surface area contributed by atoms with E-state index < -0.39 is 28.5 Å². The number of ether oxygens (including phenoxy) is 1. The monoisotopic (exact) mass is 625 g/mol. The number of hydrogen-bond donors (Lipinski definition) is 1. The number of methoxy groups -OCH3 is 1. The van der Waals surface area contributed by atoms with Crippen LogP contribution in [-0.2, 0) is 26.2 Å². The van der Waals surface area contributed by atoms with Crippen molar-refractivity contribution in [3.63, 3.8) is 0 Å². The lowest BCUT2D eigenvalue weighted by Crippen LogP contribution is -2.53. The number of hydrogen-bond acceptors (Lipinski definition) is 5. The van der Waals surface area contributed by atoms with Gasteiger partial charge >= 0.3 is 0 Å². The quantitative estimate of drug-likeness (QED) is 0.265. The van der Waals surface area contributed by atoms with Gasteiger partial charge in [-0.25, -0.2) is 8.42 Å². The predicted octanol–water partition coefficient (Wildman–Crippen LogP) is 6.03. The molecule has 0 heterocycles. The highest BCUT2D eigenvalue weighted by Crippen LogP contribution is 2.32. The molecule has 3 aromatic carbocycles. The summed E-state index contributed by atoms with van der Waals surface area (Å²) in [6.45, 7) is 5.32. The lowest BCUT2D eigenvalue weighted by Gasteiger charge is -2.34. The van der Waals surface area contributed by atoms with Gasteiger partial charge in [0.1, 0.15) is 18.3 Å². The highest BCUT2D eigenvalue weighted by Gasteiger charge is 2.34. The molecule has 1 fully saturated rings. The van der Waals surface area contributed by atoms with Crippen molar-refractivity contribution in [3.05, 3.63) is 88.4 Å². The van der Waals surface area contributed by atoms with Gasteiger partial charge < -0.3 is 15.0 Å². The van der Waals surface area contributed by atoms with Gasteiger partial charge in [0.05, 0.1) is 22.7 Å². The summed E-state index contributed by atoms with van der Waals surface area (Å²) in [5.41, 5.74) is 3.02. The van der Waals surface area contributed by atoms with Crippen LogP contribution in [-0.4, -0.2) is 50.9 Å². The fourth-order valence-electron chi connectivity index (χ4n) is 5.35. The first-order chi connectivity index (χ1) is 20.5. The van der Waals surface area contributed by atoms with Crippen molar-refractivity contribution in [2.24, 2.45) is 0 Å². The molecular formula is C33H40ClN3O5S. The number of nitrogens with zero attached hydrogens (tertiary/aromatic N) is 2. The van der Waals surface area contributed by atoms with E-state index in [2.05, 4.69) is 5.32 Å². The fraction of sp³-hybridized carbons (Fsp3) is 0.394. The summed E-state index contributed by atoms with van der Waals surface area (Å²) in [6, 6.07) is 18.1. The molecule has 10 heteroatoms. The maximum atomic E-state index is 14.3. The Labute approximate surface area is 260 Å². The van der Waals surface area contributed by atoms with Crippen LogP contribution in [0.25, 0.3) is 0 Å². The van der Waals surface area contributed by atoms with Gasteiger partial charge in [0.25, 0.3) is 10.0 Å². The Hall–Kier alpha value is -3.56. The molecule has 1 unspecified atom stereocenters. The Kier molecular flexibility index (Phi) is 10.7. The molecule has 4 rings (SSSR count). The SMILES string of the molecule is CCC(C(=O)NC1CCCC1)N(Cc1ccc(C)cc1)C(=O)CN(c1ccc(OC)c(Cl)c1)S(=O)(=O)c1ccc(C)cc1. The fourth-order valence-corrected chi connectivity index (χ4v) is 7.01. The molecule has 0 aliphatic heterocycles. The van der Waals surface area contributed by atoms with E-state index in [0.717, 1.165) is 46.7 Å². The number of aryl methyl sites for hydroxylation is 2. The van der Waals surface area contributed by atoms with Crippen molar-refractivity contribution < 1.29 is 22.7 Å². The number of nitrogens with one attached hydrogen (secondary N) is 1. The highest BCUT2D eigenvalue weighted by atomic mass is 35.5. The lowest BCUT2D eigenvalue weighted by molar-refractivity contribution is -0.140. The Morgan fingerprint density at radius 1 is 0.977 bits per heavy atom. The molecule has 3 aromatic rings. The Morgan fingerprint density at radius 2 is 1.58 bits per heavy atom. The number of rotatable bonds is 12. The first kappa shape index (κ1) is 32.4. The predicted molar refractivity (Wildman–Crippen MR) is 170 cm³/mol. The zero-order valence-corrected chi connectivity index (χ0v) is 26.7. The number of carbonyl (C=O) groups excluding carboxylic acids is 2. The van der Waals surface area contributed by atoms with Gasteiger partial charge in [-0.05, 0) is 69.0 Å². The van der Waals surface area contributed by atoms with Crippen LogP contribution in [0.2, 0.25) is 5.02 Å². The molecule has 230 valence electrons. The summed E-state index contributed by atoms with van der Waals surface area (Å²) in [5, 5.41) is 3.33. The molecule has 2 amide bonds. The molecule has 1 aliphatic carbocycles. The van der Waals surface area contributed by atoms with Crippen LogP contribution < -0.4 is 14.4 Å². The lowest BCUT2D eigenvalue weighted by atomic mass is 10.1. The third-order valence-electron chi connectivity index (χ3n) is 7.87. The van der Waals surface area contributed by atoms with Crippen molar-refractivity contribution in [1.82, 2.24) is 10.2 Å². The van der Waals surface area contributed by atoms with Gasteiger partial charge in [-0.1, -0.05) is 78.9 Å². The second-order valence-corrected chi connectivity index (χ2v) is 13.3.